The number of Topliss-reactive ketones (excluding diaryl/α,β-unsaturated/α-hetero) is 1. The highest BCUT2D eigenvalue weighted by Gasteiger charge is 2.58. The molecule has 1 aromatic carbocycles. The number of carbonyl (C=O) groups is 1. The van der Waals surface area contributed by atoms with Gasteiger partial charge < -0.3 is 10.5 Å². The van der Waals surface area contributed by atoms with Crippen LogP contribution in [-0.2, 0) is 16.7 Å². The van der Waals surface area contributed by atoms with Crippen molar-refractivity contribution in [1.29, 1.82) is 0 Å². The topological polar surface area (TPSA) is 81.9 Å². The second kappa shape index (κ2) is 7.94. The van der Waals surface area contributed by atoms with Gasteiger partial charge in [0, 0.05) is 18.2 Å². The fourth-order valence-corrected chi connectivity index (χ4v) is 3.21. The second-order valence-corrected chi connectivity index (χ2v) is 7.01. The normalized spacial score (nSPS) is 23.5. The fraction of sp³-hybridized carbons (Fsp3) is 0.300. The van der Waals surface area contributed by atoms with E-state index in [0.29, 0.717) is 0 Å². The third-order valence-corrected chi connectivity index (χ3v) is 4.82. The van der Waals surface area contributed by atoms with Crippen molar-refractivity contribution in [2.45, 2.75) is 37.3 Å². The van der Waals surface area contributed by atoms with Gasteiger partial charge >= 0.3 is 6.18 Å². The van der Waals surface area contributed by atoms with Crippen molar-refractivity contribution in [2.24, 2.45) is 10.7 Å². The number of aromatic nitrogens is 1. The molecular formula is C20H15F5N4O2. The first-order valence-electron chi connectivity index (χ1n) is 8.84. The highest BCUT2D eigenvalue weighted by atomic mass is 19.4. The van der Waals surface area contributed by atoms with E-state index in [-0.39, 0.29) is 23.4 Å². The van der Waals surface area contributed by atoms with Crippen molar-refractivity contribution in [3.05, 3.63) is 70.6 Å². The van der Waals surface area contributed by atoms with Crippen LogP contribution in [0.15, 0.2) is 41.5 Å². The molecule has 0 aliphatic carbocycles. The molecule has 11 heteroatoms. The number of nitrogens with two attached hydrogens (primary N) is 1. The van der Waals surface area contributed by atoms with Crippen LogP contribution < -0.4 is 5.73 Å². The largest absolute Gasteiger partial charge is 0.449 e. The Hall–Kier alpha value is -3.55. The average molecular weight is 438 g/mol. The maximum absolute atomic E-state index is 14.9. The van der Waals surface area contributed by atoms with Gasteiger partial charge in [0.1, 0.15) is 17.1 Å². The Kier molecular flexibility index (Phi) is 5.67. The van der Waals surface area contributed by atoms with Gasteiger partial charge in [0.2, 0.25) is 11.8 Å². The number of hydrogen-bond acceptors (Lipinski definition) is 5. The summed E-state index contributed by atoms with van der Waals surface area (Å²) < 4.78 is 73.3. The molecule has 162 valence electrons. The van der Waals surface area contributed by atoms with Gasteiger partial charge in [-0.1, -0.05) is 12.1 Å². The van der Waals surface area contributed by atoms with Crippen molar-refractivity contribution in [3.8, 4) is 0 Å². The van der Waals surface area contributed by atoms with E-state index < -0.39 is 47.2 Å². The highest BCUT2D eigenvalue weighted by molar-refractivity contribution is 5.96. The Morgan fingerprint density at radius 1 is 1.32 bits per heavy atom. The molecule has 0 fully saturated rings. The van der Waals surface area contributed by atoms with Gasteiger partial charge in [0.25, 0.3) is 6.02 Å². The van der Waals surface area contributed by atoms with Gasteiger partial charge in [-0.3, -0.25) is 9.78 Å². The summed E-state index contributed by atoms with van der Waals surface area (Å²) in [6.45, 7) is 7.85. The first kappa shape index (κ1) is 22.1. The van der Waals surface area contributed by atoms with Crippen LogP contribution in [0.3, 0.4) is 0 Å². The summed E-state index contributed by atoms with van der Waals surface area (Å²) in [5.41, 5.74) is 2.97. The third kappa shape index (κ3) is 4.33. The Balaban J connectivity index is 1.95. The summed E-state index contributed by atoms with van der Waals surface area (Å²) in [7, 11) is 0. The minimum Gasteiger partial charge on any atom is -0.449 e. The zero-order chi connectivity index (χ0) is 23.0. The van der Waals surface area contributed by atoms with Crippen LogP contribution in [0.25, 0.3) is 4.85 Å². The van der Waals surface area contributed by atoms with Gasteiger partial charge in [-0.25, -0.2) is 18.6 Å². The summed E-state index contributed by atoms with van der Waals surface area (Å²) in [4.78, 5) is 23.1. The van der Waals surface area contributed by atoms with E-state index in [1.807, 2.05) is 0 Å². The molecule has 0 saturated carbocycles. The third-order valence-electron chi connectivity index (χ3n) is 4.82. The van der Waals surface area contributed by atoms with E-state index in [1.165, 1.54) is 24.4 Å². The highest BCUT2D eigenvalue weighted by Crippen LogP contribution is 2.43. The van der Waals surface area contributed by atoms with Gasteiger partial charge in [-0.2, -0.15) is 13.2 Å². The van der Waals surface area contributed by atoms with Crippen LogP contribution in [0.1, 0.15) is 28.5 Å². The van der Waals surface area contributed by atoms with Crippen molar-refractivity contribution < 1.29 is 31.5 Å². The lowest BCUT2D eigenvalue weighted by Gasteiger charge is -2.39. The lowest BCUT2D eigenvalue weighted by molar-refractivity contribution is -0.227. The van der Waals surface area contributed by atoms with Crippen molar-refractivity contribution >= 4 is 17.5 Å². The Labute approximate surface area is 173 Å². The molecule has 1 aromatic heterocycles. The number of hydrogen-bond donors (Lipinski definition) is 1. The molecule has 0 spiro atoms. The molecule has 3 atom stereocenters. The summed E-state index contributed by atoms with van der Waals surface area (Å²) in [6.07, 6.45) is -9.90. The second-order valence-electron chi connectivity index (χ2n) is 7.01. The molecule has 1 aliphatic rings. The number of nitrogens with zero attached hydrogens (tertiary/aromatic N) is 3. The predicted molar refractivity (Wildman–Crippen MR) is 99.7 cm³/mol. The molecule has 0 amide bonds. The molecule has 0 unspecified atom stereocenters. The number of benzene rings is 1. The molecule has 0 saturated heterocycles. The molecule has 2 aromatic rings. The monoisotopic (exact) mass is 438 g/mol. The number of rotatable bonds is 4. The predicted octanol–water partition coefficient (Wildman–Crippen LogP) is 4.03. The number of alkyl halides is 4. The lowest BCUT2D eigenvalue weighted by Crippen LogP contribution is -2.55. The number of carbonyl (C=O) groups excluding carboxylic acids is 1. The fourth-order valence-electron chi connectivity index (χ4n) is 3.21. The summed E-state index contributed by atoms with van der Waals surface area (Å²) in [5.74, 6) is -1.50. The van der Waals surface area contributed by atoms with E-state index >= 15 is 0 Å². The summed E-state index contributed by atoms with van der Waals surface area (Å²) in [6, 6.07) is 5.04. The minimum absolute atomic E-state index is 0.0401. The molecule has 31 heavy (non-hydrogen) atoms. The lowest BCUT2D eigenvalue weighted by atomic mass is 9.82. The Bertz CT molecular complexity index is 1080. The number of aliphatic imine (C=N–C) groups is 1. The van der Waals surface area contributed by atoms with E-state index in [0.717, 1.165) is 19.1 Å². The Morgan fingerprint density at radius 3 is 2.61 bits per heavy atom. The van der Waals surface area contributed by atoms with Crippen LogP contribution in [0.4, 0.5) is 27.6 Å². The molecule has 2 heterocycles. The first-order chi connectivity index (χ1) is 14.5. The molecule has 2 N–H and O–H groups in total. The van der Waals surface area contributed by atoms with E-state index in [4.69, 9.17) is 12.3 Å². The maximum Gasteiger partial charge on any atom is 0.428 e. The van der Waals surface area contributed by atoms with Crippen molar-refractivity contribution in [3.63, 3.8) is 0 Å². The molecule has 0 radical (unpaired) electrons. The molecule has 0 bridgehead atoms. The van der Waals surface area contributed by atoms with E-state index in [1.54, 1.807) is 0 Å². The number of ether oxygens (including phenoxy) is 1. The number of amidine groups is 1. The number of pyridine rings is 1. The van der Waals surface area contributed by atoms with Crippen molar-refractivity contribution in [2.75, 3.05) is 0 Å². The van der Waals surface area contributed by atoms with Gasteiger partial charge in [-0.05, 0) is 30.7 Å². The standard InChI is InChI=1S/C20H15F5N4O2/c1-19(16(22)17(20(23,24)25)31-18(26)29-19)12-7-10(3-5-13(12)21)8-15(30)14-6-4-11(27-2)9-28-14/h3-7,9,16-17H,8H2,1H3,(H2,26,29)/t16-,17+,19+/m0/s1. The maximum atomic E-state index is 14.9. The van der Waals surface area contributed by atoms with Crippen LogP contribution in [0.2, 0.25) is 0 Å². The van der Waals surface area contributed by atoms with Crippen LogP contribution >= 0.6 is 0 Å². The van der Waals surface area contributed by atoms with Crippen molar-refractivity contribution in [1.82, 2.24) is 4.98 Å². The Morgan fingerprint density at radius 2 is 2.03 bits per heavy atom. The molecular weight excluding hydrogens is 423 g/mol. The molecule has 3 rings (SSSR count). The van der Waals surface area contributed by atoms with Gasteiger partial charge in [0.15, 0.2) is 12.0 Å². The summed E-state index contributed by atoms with van der Waals surface area (Å²) >= 11 is 0. The van der Waals surface area contributed by atoms with Crippen LogP contribution in [0.5, 0.6) is 0 Å². The zero-order valence-electron chi connectivity index (χ0n) is 16.0. The van der Waals surface area contributed by atoms with Crippen LogP contribution in [0, 0.1) is 12.4 Å². The quantitative estimate of drug-likeness (QED) is 0.444. The first-order valence-corrected chi connectivity index (χ1v) is 8.84. The zero-order valence-corrected chi connectivity index (χ0v) is 16.0. The smallest absolute Gasteiger partial charge is 0.428 e. The SMILES string of the molecule is [C-]#[N+]c1ccc(C(=O)Cc2ccc(F)c([C@@]3(C)N=C(N)O[C@@H](C(F)(F)F)[C@@H]3F)c2)nc1. The van der Waals surface area contributed by atoms with E-state index in [2.05, 4.69) is 19.6 Å². The number of halogens is 5. The summed E-state index contributed by atoms with van der Waals surface area (Å²) in [5, 5.41) is 0. The molecule has 1 aliphatic heterocycles. The van der Waals surface area contributed by atoms with Crippen LogP contribution in [-0.4, -0.2) is 35.2 Å². The van der Waals surface area contributed by atoms with E-state index in [9.17, 15) is 26.7 Å². The minimum atomic E-state index is -5.10. The number of ketones is 1. The average Bonchev–Trinajstić information content (AvgIpc) is 2.71. The van der Waals surface area contributed by atoms with Gasteiger partial charge in [0.05, 0.1) is 6.57 Å². The molecule has 6 nitrogen and oxygen atoms in total. The van der Waals surface area contributed by atoms with Gasteiger partial charge in [-0.15, -0.1) is 0 Å².